The minimum atomic E-state index is -0.478. The van der Waals surface area contributed by atoms with Gasteiger partial charge in [-0.2, -0.15) is 0 Å². The van der Waals surface area contributed by atoms with Crippen molar-refractivity contribution >= 4 is 31.9 Å². The highest BCUT2D eigenvalue weighted by Crippen LogP contribution is 2.30. The second kappa shape index (κ2) is 8.28. The Morgan fingerprint density at radius 2 is 2.06 bits per heavy atom. The molecule has 0 radical (unpaired) electrons. The zero-order valence-electron chi connectivity index (χ0n) is 11.0. The number of halogens is 2. The van der Waals surface area contributed by atoms with E-state index in [4.69, 9.17) is 0 Å². The second-order valence-corrected chi connectivity index (χ2v) is 6.46. The van der Waals surface area contributed by atoms with Crippen molar-refractivity contribution < 1.29 is 5.11 Å². The van der Waals surface area contributed by atoms with Crippen molar-refractivity contribution in [3.05, 3.63) is 26.9 Å². The summed E-state index contributed by atoms with van der Waals surface area (Å²) < 4.78 is 1.79. The molecule has 0 aliphatic rings. The first-order valence-electron chi connectivity index (χ1n) is 6.57. The fourth-order valence-corrected chi connectivity index (χ4v) is 3.33. The summed E-state index contributed by atoms with van der Waals surface area (Å²) in [6, 6.07) is 1.93. The van der Waals surface area contributed by atoms with Crippen LogP contribution in [-0.4, -0.2) is 10.1 Å². The molecule has 4 heteroatoms. The number of hydrogen-bond acceptors (Lipinski definition) is 2. The summed E-state index contributed by atoms with van der Waals surface area (Å²) >= 11 is 6.83. The molecule has 1 aromatic rings. The van der Waals surface area contributed by atoms with E-state index in [1.54, 1.807) is 6.20 Å². The van der Waals surface area contributed by atoms with Crippen LogP contribution in [0, 0.1) is 5.92 Å². The molecule has 0 bridgehead atoms. The summed E-state index contributed by atoms with van der Waals surface area (Å²) in [5.74, 6) is 0.581. The highest BCUT2D eigenvalue weighted by atomic mass is 79.9. The minimum Gasteiger partial charge on any atom is -0.387 e. The number of aliphatic hydroxyl groups excluding tert-OH is 1. The van der Waals surface area contributed by atoms with E-state index in [-0.39, 0.29) is 0 Å². The minimum absolute atomic E-state index is 0.478. The largest absolute Gasteiger partial charge is 0.387 e. The van der Waals surface area contributed by atoms with E-state index in [2.05, 4.69) is 50.7 Å². The van der Waals surface area contributed by atoms with Gasteiger partial charge in [0, 0.05) is 15.1 Å². The van der Waals surface area contributed by atoms with Gasteiger partial charge in [0.25, 0.3) is 0 Å². The Morgan fingerprint density at radius 3 is 2.61 bits per heavy atom. The third kappa shape index (κ3) is 4.98. The topological polar surface area (TPSA) is 33.1 Å². The molecule has 0 saturated heterocycles. The van der Waals surface area contributed by atoms with Crippen molar-refractivity contribution in [2.45, 2.75) is 52.1 Å². The van der Waals surface area contributed by atoms with Gasteiger partial charge in [0.05, 0.1) is 11.8 Å². The van der Waals surface area contributed by atoms with Gasteiger partial charge in [0.2, 0.25) is 0 Å². The molecule has 0 aliphatic carbocycles. The first-order chi connectivity index (χ1) is 8.58. The average Bonchev–Trinajstić information content (AvgIpc) is 2.34. The SMILES string of the molecule is CCCCC(CC)CC(O)c1ncc(Br)cc1Br. The lowest BCUT2D eigenvalue weighted by atomic mass is 9.92. The maximum atomic E-state index is 10.3. The van der Waals surface area contributed by atoms with Crippen LogP contribution >= 0.6 is 31.9 Å². The van der Waals surface area contributed by atoms with Crippen molar-refractivity contribution in [1.29, 1.82) is 0 Å². The summed E-state index contributed by atoms with van der Waals surface area (Å²) in [6.45, 7) is 4.40. The molecule has 0 saturated carbocycles. The molecule has 1 N–H and O–H groups in total. The predicted octanol–water partition coefficient (Wildman–Crippen LogP) is 5.25. The standard InChI is InChI=1S/C14H21Br2NO/c1-3-5-6-10(4-2)7-13(18)14-12(16)8-11(15)9-17-14/h8-10,13,18H,3-7H2,1-2H3. The van der Waals surface area contributed by atoms with Crippen molar-refractivity contribution in [2.24, 2.45) is 5.92 Å². The summed E-state index contributed by atoms with van der Waals surface area (Å²) in [7, 11) is 0. The van der Waals surface area contributed by atoms with Crippen molar-refractivity contribution in [2.75, 3.05) is 0 Å². The summed E-state index contributed by atoms with van der Waals surface area (Å²) in [5.41, 5.74) is 0.744. The number of unbranched alkanes of at least 4 members (excludes halogenated alkanes) is 1. The fourth-order valence-electron chi connectivity index (χ4n) is 2.08. The number of aliphatic hydroxyl groups is 1. The van der Waals surface area contributed by atoms with Gasteiger partial charge >= 0.3 is 0 Å². The summed E-state index contributed by atoms with van der Waals surface area (Å²) in [4.78, 5) is 4.30. The smallest absolute Gasteiger partial charge is 0.0973 e. The maximum Gasteiger partial charge on any atom is 0.0973 e. The van der Waals surface area contributed by atoms with E-state index in [1.165, 1.54) is 19.3 Å². The van der Waals surface area contributed by atoms with Crippen LogP contribution in [0.15, 0.2) is 21.2 Å². The van der Waals surface area contributed by atoms with Crippen LogP contribution in [0.4, 0.5) is 0 Å². The first kappa shape index (κ1) is 16.1. The van der Waals surface area contributed by atoms with Gasteiger partial charge in [0.1, 0.15) is 0 Å². The Bertz CT molecular complexity index is 371. The van der Waals surface area contributed by atoms with E-state index in [0.29, 0.717) is 5.92 Å². The van der Waals surface area contributed by atoms with Crippen LogP contribution in [0.5, 0.6) is 0 Å². The first-order valence-corrected chi connectivity index (χ1v) is 8.16. The lowest BCUT2D eigenvalue weighted by Gasteiger charge is -2.19. The highest BCUT2D eigenvalue weighted by Gasteiger charge is 2.18. The van der Waals surface area contributed by atoms with E-state index in [0.717, 1.165) is 27.5 Å². The van der Waals surface area contributed by atoms with Crippen LogP contribution in [-0.2, 0) is 0 Å². The van der Waals surface area contributed by atoms with Crippen LogP contribution < -0.4 is 0 Å². The van der Waals surface area contributed by atoms with Gasteiger partial charge in [-0.1, -0.05) is 39.5 Å². The van der Waals surface area contributed by atoms with Crippen LogP contribution in [0.25, 0.3) is 0 Å². The Kier molecular flexibility index (Phi) is 7.42. The zero-order chi connectivity index (χ0) is 13.5. The van der Waals surface area contributed by atoms with Crippen LogP contribution in [0.2, 0.25) is 0 Å². The molecule has 18 heavy (non-hydrogen) atoms. The molecule has 2 unspecified atom stereocenters. The molecule has 0 amide bonds. The molecule has 1 heterocycles. The predicted molar refractivity (Wildman–Crippen MR) is 82.5 cm³/mol. The number of hydrogen-bond donors (Lipinski definition) is 1. The second-order valence-electron chi connectivity index (χ2n) is 4.69. The van der Waals surface area contributed by atoms with Gasteiger partial charge in [-0.3, -0.25) is 4.98 Å². The molecule has 2 nitrogen and oxygen atoms in total. The summed E-state index contributed by atoms with van der Waals surface area (Å²) in [6.07, 6.45) is 6.81. The van der Waals surface area contributed by atoms with Crippen LogP contribution in [0.1, 0.15) is 57.7 Å². The normalized spacial score (nSPS) is 14.5. The van der Waals surface area contributed by atoms with Gasteiger partial charge in [-0.15, -0.1) is 0 Å². The molecule has 0 aliphatic heterocycles. The molecule has 0 fully saturated rings. The number of aromatic nitrogens is 1. The van der Waals surface area contributed by atoms with E-state index < -0.39 is 6.10 Å². The van der Waals surface area contributed by atoms with E-state index in [1.807, 2.05) is 6.07 Å². The molecular weight excluding hydrogens is 358 g/mol. The zero-order valence-corrected chi connectivity index (χ0v) is 14.2. The third-order valence-corrected chi connectivity index (χ3v) is 4.32. The molecule has 102 valence electrons. The van der Waals surface area contributed by atoms with Gasteiger partial charge in [0.15, 0.2) is 0 Å². The van der Waals surface area contributed by atoms with Crippen molar-refractivity contribution in [3.63, 3.8) is 0 Å². The van der Waals surface area contributed by atoms with Gasteiger partial charge < -0.3 is 5.11 Å². The Balaban J connectivity index is 2.65. The molecule has 1 aromatic heterocycles. The molecule has 2 atom stereocenters. The van der Waals surface area contributed by atoms with Crippen LogP contribution in [0.3, 0.4) is 0 Å². The Morgan fingerprint density at radius 1 is 1.33 bits per heavy atom. The van der Waals surface area contributed by atoms with Gasteiger partial charge in [-0.05, 0) is 50.3 Å². The third-order valence-electron chi connectivity index (χ3n) is 3.25. The number of rotatable bonds is 7. The van der Waals surface area contributed by atoms with Crippen molar-refractivity contribution in [1.82, 2.24) is 4.98 Å². The van der Waals surface area contributed by atoms with Crippen molar-refractivity contribution in [3.8, 4) is 0 Å². The quantitative estimate of drug-likeness (QED) is 0.703. The maximum absolute atomic E-state index is 10.3. The Hall–Kier alpha value is 0.0700. The lowest BCUT2D eigenvalue weighted by Crippen LogP contribution is -2.09. The Labute approximate surface area is 126 Å². The molecule has 0 aromatic carbocycles. The number of nitrogens with zero attached hydrogens (tertiary/aromatic N) is 1. The lowest BCUT2D eigenvalue weighted by molar-refractivity contribution is 0.134. The fraction of sp³-hybridized carbons (Fsp3) is 0.643. The molecule has 0 spiro atoms. The molecular formula is C14H21Br2NO. The van der Waals surface area contributed by atoms with Gasteiger partial charge in [-0.25, -0.2) is 0 Å². The van der Waals surface area contributed by atoms with E-state index in [9.17, 15) is 5.11 Å². The number of pyridine rings is 1. The summed E-state index contributed by atoms with van der Waals surface area (Å²) in [5, 5.41) is 10.3. The highest BCUT2D eigenvalue weighted by molar-refractivity contribution is 9.11. The average molecular weight is 379 g/mol. The molecule has 1 rings (SSSR count). The monoisotopic (exact) mass is 377 g/mol. The van der Waals surface area contributed by atoms with E-state index >= 15 is 0 Å².